The summed E-state index contributed by atoms with van der Waals surface area (Å²) in [5.74, 6) is -0.640. The smallest absolute Gasteiger partial charge is 0.257 e. The van der Waals surface area contributed by atoms with Crippen LogP contribution in [0.3, 0.4) is 0 Å². The van der Waals surface area contributed by atoms with Crippen LogP contribution in [0.15, 0.2) is 54.6 Å². The van der Waals surface area contributed by atoms with Crippen LogP contribution in [0.25, 0.3) is 0 Å². The second-order valence-electron chi connectivity index (χ2n) is 8.36. The van der Waals surface area contributed by atoms with E-state index in [9.17, 15) is 14.0 Å². The fourth-order valence-electron chi connectivity index (χ4n) is 4.57. The molecule has 8 heteroatoms. The van der Waals surface area contributed by atoms with Crippen molar-refractivity contribution in [2.75, 3.05) is 36.4 Å². The number of carbonyl (C=O) groups excluding carboxylic acids is 2. The van der Waals surface area contributed by atoms with Gasteiger partial charge < -0.3 is 9.80 Å². The number of anilines is 2. The SMILES string of the molecule is O=C(Nc1nc2c(s1)CCCC2C(=O)N1CCN(c2ccccc2F)CC1)c1ccccc1. The summed E-state index contributed by atoms with van der Waals surface area (Å²) in [4.78, 5) is 35.5. The first-order chi connectivity index (χ1) is 16.1. The summed E-state index contributed by atoms with van der Waals surface area (Å²) >= 11 is 1.46. The summed E-state index contributed by atoms with van der Waals surface area (Å²) in [7, 11) is 0. The summed E-state index contributed by atoms with van der Waals surface area (Å²) in [6, 6.07) is 15.8. The lowest BCUT2D eigenvalue weighted by atomic mass is 9.89. The molecule has 170 valence electrons. The second kappa shape index (κ2) is 9.31. The molecule has 0 spiro atoms. The molecule has 1 aliphatic heterocycles. The van der Waals surface area contributed by atoms with Gasteiger partial charge in [0.05, 0.1) is 17.3 Å². The van der Waals surface area contributed by atoms with Crippen LogP contribution in [0.4, 0.5) is 15.2 Å². The Morgan fingerprint density at radius 1 is 1.00 bits per heavy atom. The Balaban J connectivity index is 1.26. The molecule has 1 unspecified atom stereocenters. The number of rotatable bonds is 4. The molecule has 1 aliphatic carbocycles. The monoisotopic (exact) mass is 464 g/mol. The maximum Gasteiger partial charge on any atom is 0.257 e. The summed E-state index contributed by atoms with van der Waals surface area (Å²) in [6.45, 7) is 2.31. The zero-order valence-corrected chi connectivity index (χ0v) is 19.0. The zero-order chi connectivity index (χ0) is 22.8. The quantitative estimate of drug-likeness (QED) is 0.625. The predicted octanol–water partition coefficient (Wildman–Crippen LogP) is 4.30. The van der Waals surface area contributed by atoms with Gasteiger partial charge in [0.2, 0.25) is 5.91 Å². The van der Waals surface area contributed by atoms with Gasteiger partial charge in [-0.2, -0.15) is 0 Å². The molecule has 1 atom stereocenters. The minimum absolute atomic E-state index is 0.0790. The minimum Gasteiger partial charge on any atom is -0.366 e. The topological polar surface area (TPSA) is 65.5 Å². The number of piperazine rings is 1. The first-order valence-corrected chi connectivity index (χ1v) is 12.1. The normalized spacial score (nSPS) is 18.0. The molecule has 2 heterocycles. The van der Waals surface area contributed by atoms with Gasteiger partial charge in [0.25, 0.3) is 5.91 Å². The van der Waals surface area contributed by atoms with Crippen molar-refractivity contribution >= 4 is 34.0 Å². The van der Waals surface area contributed by atoms with Crippen molar-refractivity contribution < 1.29 is 14.0 Å². The summed E-state index contributed by atoms with van der Waals surface area (Å²) in [6.07, 6.45) is 2.56. The number of para-hydroxylation sites is 1. The number of benzene rings is 2. The Kier molecular flexibility index (Phi) is 6.09. The molecule has 0 saturated carbocycles. The van der Waals surface area contributed by atoms with Gasteiger partial charge in [-0.15, -0.1) is 11.3 Å². The van der Waals surface area contributed by atoms with E-state index >= 15 is 0 Å². The number of amides is 2. The number of nitrogens with one attached hydrogen (secondary N) is 1. The lowest BCUT2D eigenvalue weighted by molar-refractivity contribution is -0.133. The van der Waals surface area contributed by atoms with E-state index in [2.05, 4.69) is 10.3 Å². The largest absolute Gasteiger partial charge is 0.366 e. The van der Waals surface area contributed by atoms with Crippen molar-refractivity contribution in [2.24, 2.45) is 0 Å². The molecule has 1 aromatic heterocycles. The van der Waals surface area contributed by atoms with E-state index in [1.165, 1.54) is 17.4 Å². The molecule has 2 amide bonds. The summed E-state index contributed by atoms with van der Waals surface area (Å²) in [5, 5.41) is 3.42. The fourth-order valence-corrected chi connectivity index (χ4v) is 5.63. The van der Waals surface area contributed by atoms with Crippen LogP contribution in [-0.2, 0) is 11.2 Å². The highest BCUT2D eigenvalue weighted by molar-refractivity contribution is 7.16. The maximum absolute atomic E-state index is 14.1. The molecule has 33 heavy (non-hydrogen) atoms. The number of hydrogen-bond donors (Lipinski definition) is 1. The predicted molar refractivity (Wildman–Crippen MR) is 127 cm³/mol. The van der Waals surface area contributed by atoms with Gasteiger partial charge in [0.15, 0.2) is 5.13 Å². The highest BCUT2D eigenvalue weighted by Crippen LogP contribution is 2.38. The van der Waals surface area contributed by atoms with Gasteiger partial charge >= 0.3 is 0 Å². The van der Waals surface area contributed by atoms with Gasteiger partial charge in [-0.25, -0.2) is 9.37 Å². The first kappa shape index (κ1) is 21.6. The molecule has 2 aromatic carbocycles. The van der Waals surface area contributed by atoms with Gasteiger partial charge in [0, 0.05) is 36.6 Å². The van der Waals surface area contributed by atoms with Gasteiger partial charge in [-0.1, -0.05) is 30.3 Å². The van der Waals surface area contributed by atoms with Crippen molar-refractivity contribution in [3.8, 4) is 0 Å². The zero-order valence-electron chi connectivity index (χ0n) is 18.2. The lowest BCUT2D eigenvalue weighted by Crippen LogP contribution is -2.50. The Hall–Kier alpha value is -3.26. The number of carbonyl (C=O) groups is 2. The van der Waals surface area contributed by atoms with Crippen molar-refractivity contribution in [1.82, 2.24) is 9.88 Å². The van der Waals surface area contributed by atoms with Crippen LogP contribution < -0.4 is 10.2 Å². The van der Waals surface area contributed by atoms with E-state index in [-0.39, 0.29) is 23.5 Å². The third-order valence-corrected chi connectivity index (χ3v) is 7.34. The Morgan fingerprint density at radius 2 is 1.73 bits per heavy atom. The molecule has 1 fully saturated rings. The molecule has 6 nitrogen and oxygen atoms in total. The van der Waals surface area contributed by atoms with E-state index in [4.69, 9.17) is 0 Å². The molecule has 1 saturated heterocycles. The van der Waals surface area contributed by atoms with Crippen LogP contribution in [0, 0.1) is 5.82 Å². The average Bonchev–Trinajstić information content (AvgIpc) is 3.27. The summed E-state index contributed by atoms with van der Waals surface area (Å²) in [5.41, 5.74) is 1.96. The number of fused-ring (bicyclic) bond motifs is 1. The minimum atomic E-state index is -0.285. The average molecular weight is 465 g/mol. The molecule has 5 rings (SSSR count). The molecular formula is C25H25FN4O2S. The number of thiazole rings is 1. The number of aromatic nitrogens is 1. The van der Waals surface area contributed by atoms with Gasteiger partial charge in [-0.3, -0.25) is 14.9 Å². The van der Waals surface area contributed by atoms with Crippen LogP contribution in [0.5, 0.6) is 0 Å². The molecular weight excluding hydrogens is 439 g/mol. The molecule has 2 aliphatic rings. The Morgan fingerprint density at radius 3 is 2.48 bits per heavy atom. The number of nitrogens with zero attached hydrogens (tertiary/aromatic N) is 3. The highest BCUT2D eigenvalue weighted by atomic mass is 32.1. The second-order valence-corrected chi connectivity index (χ2v) is 9.44. The number of hydrogen-bond acceptors (Lipinski definition) is 5. The highest BCUT2D eigenvalue weighted by Gasteiger charge is 2.34. The third kappa shape index (κ3) is 4.48. The van der Waals surface area contributed by atoms with Crippen LogP contribution in [-0.4, -0.2) is 47.9 Å². The summed E-state index contributed by atoms with van der Waals surface area (Å²) < 4.78 is 14.1. The molecule has 0 radical (unpaired) electrons. The van der Waals surface area contributed by atoms with E-state index in [1.807, 2.05) is 34.1 Å². The first-order valence-electron chi connectivity index (χ1n) is 11.2. The molecule has 0 bridgehead atoms. The third-order valence-electron chi connectivity index (χ3n) is 6.29. The lowest BCUT2D eigenvalue weighted by Gasteiger charge is -2.38. The fraction of sp³-hybridized carbons (Fsp3) is 0.320. The maximum atomic E-state index is 14.1. The number of halogens is 1. The van der Waals surface area contributed by atoms with E-state index in [0.717, 1.165) is 29.8 Å². The van der Waals surface area contributed by atoms with Crippen molar-refractivity contribution in [3.63, 3.8) is 0 Å². The van der Waals surface area contributed by atoms with Crippen LogP contribution in [0.2, 0.25) is 0 Å². The van der Waals surface area contributed by atoms with Crippen molar-refractivity contribution in [3.05, 3.63) is 76.5 Å². The van der Waals surface area contributed by atoms with Crippen molar-refractivity contribution in [1.29, 1.82) is 0 Å². The molecule has 3 aromatic rings. The molecule has 1 N–H and O–H groups in total. The van der Waals surface area contributed by atoms with Crippen LogP contribution in [0.1, 0.15) is 39.7 Å². The van der Waals surface area contributed by atoms with E-state index < -0.39 is 0 Å². The van der Waals surface area contributed by atoms with Crippen molar-refractivity contribution in [2.45, 2.75) is 25.2 Å². The standard InChI is InChI=1S/C25H25FN4O2S/c26-19-10-4-5-11-20(19)29-13-15-30(16-14-29)24(32)18-9-6-12-21-22(18)27-25(33-21)28-23(31)17-7-2-1-3-8-17/h1-5,7-8,10-11,18H,6,9,12-16H2,(H,27,28,31). The van der Waals surface area contributed by atoms with Gasteiger partial charge in [0.1, 0.15) is 5.82 Å². The van der Waals surface area contributed by atoms with E-state index in [0.29, 0.717) is 42.6 Å². The van der Waals surface area contributed by atoms with Crippen LogP contribution >= 0.6 is 11.3 Å². The Labute approximate surface area is 196 Å². The van der Waals surface area contributed by atoms with Gasteiger partial charge in [-0.05, 0) is 43.5 Å². The van der Waals surface area contributed by atoms with E-state index in [1.54, 1.807) is 24.3 Å². The number of aryl methyl sites for hydroxylation is 1. The Bertz CT molecular complexity index is 1160.